The maximum absolute atomic E-state index is 11.6. The molecule has 0 radical (unpaired) electrons. The molecule has 0 fully saturated rings. The molecule has 1 unspecified atom stereocenters. The second-order valence-electron chi connectivity index (χ2n) is 1.59. The molecule has 0 N–H and O–H groups in total. The molecular formula is C4H6ClFN2. The van der Waals surface area contributed by atoms with Gasteiger partial charge in [-0.25, -0.2) is 4.39 Å². The van der Waals surface area contributed by atoms with E-state index in [0.717, 1.165) is 0 Å². The topological polar surface area (TPSA) is 15.6 Å². The predicted molar refractivity (Wildman–Crippen MR) is 30.8 cm³/mol. The molecule has 1 aliphatic heterocycles. The summed E-state index contributed by atoms with van der Waals surface area (Å²) in [5.74, 6) is 0. The monoisotopic (exact) mass is 136 g/mol. The molecule has 0 aliphatic carbocycles. The molecule has 0 saturated heterocycles. The van der Waals surface area contributed by atoms with Crippen LogP contribution in [0.4, 0.5) is 4.39 Å². The number of halogens is 2. The molecule has 1 atom stereocenters. The molecule has 1 aliphatic rings. The van der Waals surface area contributed by atoms with E-state index in [1.807, 2.05) is 0 Å². The molecule has 4 heteroatoms. The Morgan fingerprint density at radius 2 is 2.75 bits per heavy atom. The summed E-state index contributed by atoms with van der Waals surface area (Å²) in [6, 6.07) is 0. The second-order valence-corrected chi connectivity index (χ2v) is 2.09. The number of nitrogens with zero attached hydrogens (tertiary/aromatic N) is 2. The average Bonchev–Trinajstić information content (AvgIpc) is 2.14. The molecule has 2 nitrogen and oxygen atoms in total. The molecule has 0 bridgehead atoms. The Morgan fingerprint density at radius 3 is 3.00 bits per heavy atom. The van der Waals surface area contributed by atoms with Gasteiger partial charge in [0.05, 0.1) is 12.9 Å². The Kier molecular flexibility index (Phi) is 1.68. The highest BCUT2D eigenvalue weighted by atomic mass is 35.5. The summed E-state index contributed by atoms with van der Waals surface area (Å²) in [7, 11) is 0. The predicted octanol–water partition coefficient (Wildman–Crippen LogP) is 0.822. The van der Waals surface area contributed by atoms with Crippen molar-refractivity contribution >= 4 is 17.9 Å². The van der Waals surface area contributed by atoms with Crippen LogP contribution in [0.5, 0.6) is 0 Å². The number of rotatable bonds is 1. The van der Waals surface area contributed by atoms with Crippen LogP contribution in [0.25, 0.3) is 0 Å². The smallest absolute Gasteiger partial charge is 0.162 e. The standard InChI is InChI=1S/C4H6ClFN2/c5-4-1-8(2-6)3-7-4/h3-4H,1-2H2. The highest BCUT2D eigenvalue weighted by Gasteiger charge is 2.12. The van der Waals surface area contributed by atoms with Crippen LogP contribution in [0, 0.1) is 0 Å². The van der Waals surface area contributed by atoms with E-state index in [9.17, 15) is 4.39 Å². The first kappa shape index (κ1) is 5.82. The Hall–Kier alpha value is -0.310. The molecule has 8 heavy (non-hydrogen) atoms. The van der Waals surface area contributed by atoms with Gasteiger partial charge in [0.25, 0.3) is 0 Å². The highest BCUT2D eigenvalue weighted by Crippen LogP contribution is 2.06. The van der Waals surface area contributed by atoms with Crippen LogP contribution in [-0.2, 0) is 0 Å². The summed E-state index contributed by atoms with van der Waals surface area (Å²) in [4.78, 5) is 5.13. The van der Waals surface area contributed by atoms with Crippen molar-refractivity contribution in [3.63, 3.8) is 0 Å². The molecular weight excluding hydrogens is 131 g/mol. The number of aliphatic imine (C=N–C) groups is 1. The van der Waals surface area contributed by atoms with E-state index in [1.54, 1.807) is 0 Å². The van der Waals surface area contributed by atoms with Crippen molar-refractivity contribution in [3.8, 4) is 0 Å². The summed E-state index contributed by atoms with van der Waals surface area (Å²) in [5.41, 5.74) is -0.245. The fourth-order valence-electron chi connectivity index (χ4n) is 0.534. The van der Waals surface area contributed by atoms with E-state index in [0.29, 0.717) is 6.54 Å². The van der Waals surface area contributed by atoms with Gasteiger partial charge in [0, 0.05) is 0 Å². The first-order chi connectivity index (χ1) is 3.83. The normalized spacial score (nSPS) is 27.2. The van der Waals surface area contributed by atoms with Crippen LogP contribution < -0.4 is 0 Å². The van der Waals surface area contributed by atoms with Crippen LogP contribution in [0.3, 0.4) is 0 Å². The van der Waals surface area contributed by atoms with Crippen molar-refractivity contribution in [1.82, 2.24) is 4.90 Å². The first-order valence-corrected chi connectivity index (χ1v) is 2.74. The van der Waals surface area contributed by atoms with Crippen molar-refractivity contribution < 1.29 is 4.39 Å². The average molecular weight is 137 g/mol. The number of hydrogen-bond donors (Lipinski definition) is 0. The van der Waals surface area contributed by atoms with Gasteiger partial charge in [0.2, 0.25) is 0 Å². The van der Waals surface area contributed by atoms with E-state index in [-0.39, 0.29) is 5.50 Å². The quantitative estimate of drug-likeness (QED) is 0.385. The maximum atomic E-state index is 11.6. The second kappa shape index (κ2) is 2.31. The number of alkyl halides is 2. The zero-order valence-electron chi connectivity index (χ0n) is 4.22. The molecule has 0 spiro atoms. The Morgan fingerprint density at radius 1 is 2.00 bits per heavy atom. The van der Waals surface area contributed by atoms with Gasteiger partial charge < -0.3 is 4.90 Å². The van der Waals surface area contributed by atoms with Crippen molar-refractivity contribution in [3.05, 3.63) is 0 Å². The molecule has 0 aromatic carbocycles. The van der Waals surface area contributed by atoms with Gasteiger partial charge in [-0.1, -0.05) is 11.6 Å². The maximum Gasteiger partial charge on any atom is 0.162 e. The van der Waals surface area contributed by atoms with Crippen LogP contribution in [0.2, 0.25) is 0 Å². The van der Waals surface area contributed by atoms with Crippen LogP contribution in [-0.4, -0.2) is 30.1 Å². The van der Waals surface area contributed by atoms with Crippen molar-refractivity contribution in [2.24, 2.45) is 4.99 Å². The van der Waals surface area contributed by atoms with Gasteiger partial charge in [-0.15, -0.1) is 0 Å². The number of hydrogen-bond acceptors (Lipinski definition) is 2. The van der Waals surface area contributed by atoms with Crippen molar-refractivity contribution in [2.45, 2.75) is 5.50 Å². The lowest BCUT2D eigenvalue weighted by atomic mass is 10.6. The van der Waals surface area contributed by atoms with Gasteiger partial charge in [-0.05, 0) is 0 Å². The molecule has 0 amide bonds. The lowest BCUT2D eigenvalue weighted by molar-refractivity contribution is 0.302. The minimum absolute atomic E-state index is 0.245. The lowest BCUT2D eigenvalue weighted by Gasteiger charge is -2.06. The highest BCUT2D eigenvalue weighted by molar-refractivity contribution is 6.21. The van der Waals surface area contributed by atoms with E-state index in [4.69, 9.17) is 11.6 Å². The van der Waals surface area contributed by atoms with E-state index in [2.05, 4.69) is 4.99 Å². The van der Waals surface area contributed by atoms with Crippen molar-refractivity contribution in [2.75, 3.05) is 13.3 Å². The third-order valence-corrected chi connectivity index (χ3v) is 1.18. The van der Waals surface area contributed by atoms with Gasteiger partial charge in [0.15, 0.2) is 6.80 Å². The Labute approximate surface area is 52.0 Å². The fraction of sp³-hybridized carbons (Fsp3) is 0.750. The molecule has 1 heterocycles. The lowest BCUT2D eigenvalue weighted by Crippen LogP contribution is -2.19. The summed E-state index contributed by atoms with van der Waals surface area (Å²) < 4.78 is 11.6. The van der Waals surface area contributed by atoms with E-state index in [1.165, 1.54) is 11.2 Å². The van der Waals surface area contributed by atoms with Gasteiger partial charge in [-0.3, -0.25) is 4.99 Å². The van der Waals surface area contributed by atoms with E-state index < -0.39 is 6.80 Å². The molecule has 0 saturated carbocycles. The SMILES string of the molecule is FCN1C=NC(Cl)C1. The Bertz CT molecular complexity index is 106. The molecule has 0 aromatic heterocycles. The zero-order valence-corrected chi connectivity index (χ0v) is 4.98. The summed E-state index contributed by atoms with van der Waals surface area (Å²) in [5, 5.41) is 0. The third-order valence-electron chi connectivity index (χ3n) is 0.930. The van der Waals surface area contributed by atoms with Crippen LogP contribution >= 0.6 is 11.6 Å². The Balaban J connectivity index is 2.34. The minimum atomic E-state index is -0.493. The molecule has 1 rings (SSSR count). The fourth-order valence-corrected chi connectivity index (χ4v) is 0.762. The summed E-state index contributed by atoms with van der Waals surface area (Å²) in [6.07, 6.45) is 1.43. The van der Waals surface area contributed by atoms with Crippen LogP contribution in [0.15, 0.2) is 4.99 Å². The molecule has 0 aromatic rings. The summed E-state index contributed by atoms with van der Waals surface area (Å²) >= 11 is 5.48. The van der Waals surface area contributed by atoms with Crippen molar-refractivity contribution in [1.29, 1.82) is 0 Å². The largest absolute Gasteiger partial charge is 0.332 e. The zero-order chi connectivity index (χ0) is 5.98. The first-order valence-electron chi connectivity index (χ1n) is 2.30. The van der Waals surface area contributed by atoms with Crippen LogP contribution in [0.1, 0.15) is 0 Å². The minimum Gasteiger partial charge on any atom is -0.332 e. The van der Waals surface area contributed by atoms with Gasteiger partial charge >= 0.3 is 0 Å². The summed E-state index contributed by atoms with van der Waals surface area (Å²) in [6.45, 7) is 0.00474. The molecule has 46 valence electrons. The van der Waals surface area contributed by atoms with Gasteiger partial charge in [-0.2, -0.15) is 0 Å². The third kappa shape index (κ3) is 1.10. The van der Waals surface area contributed by atoms with Gasteiger partial charge in [0.1, 0.15) is 5.50 Å². The van der Waals surface area contributed by atoms with E-state index >= 15 is 0 Å².